The van der Waals surface area contributed by atoms with E-state index in [4.69, 9.17) is 9.16 Å². The fraction of sp³-hybridized carbons (Fsp3) is 0.615. The van der Waals surface area contributed by atoms with Crippen molar-refractivity contribution < 1.29 is 19.1 Å². The minimum atomic E-state index is -2.75. The van der Waals surface area contributed by atoms with Crippen molar-refractivity contribution in [1.82, 2.24) is 0 Å². The van der Waals surface area contributed by atoms with Gasteiger partial charge in [-0.05, 0) is 93.5 Å². The predicted octanol–water partition coefficient (Wildman–Crippen LogP) is 7.54. The van der Waals surface area contributed by atoms with Crippen molar-refractivity contribution in [3.05, 3.63) is 72.8 Å². The van der Waals surface area contributed by atoms with Gasteiger partial charge < -0.3 is 14.3 Å². The van der Waals surface area contributed by atoms with E-state index >= 15 is 0 Å². The first-order valence-electron chi connectivity index (χ1n) is 17.0. The van der Waals surface area contributed by atoms with Crippen molar-refractivity contribution in [2.75, 3.05) is 13.2 Å². The minimum Gasteiger partial charge on any atom is -0.466 e. The van der Waals surface area contributed by atoms with Gasteiger partial charge in [0.15, 0.2) is 0 Å². The lowest BCUT2D eigenvalue weighted by atomic mass is 9.49. The number of fused-ring (bicyclic) bond motifs is 1. The maximum absolute atomic E-state index is 12.0. The molecule has 0 aliphatic heterocycles. The monoisotopic (exact) mass is 616 g/mol. The molecule has 3 aliphatic carbocycles. The maximum Gasteiger partial charge on any atom is 0.302 e. The fourth-order valence-corrected chi connectivity index (χ4v) is 14.4. The number of benzene rings is 2. The highest BCUT2D eigenvalue weighted by Gasteiger charge is 2.60. The van der Waals surface area contributed by atoms with E-state index in [-0.39, 0.29) is 27.8 Å². The van der Waals surface area contributed by atoms with Crippen LogP contribution in [-0.4, -0.2) is 38.7 Å². The molecule has 0 spiro atoms. The Bertz CT molecular complexity index is 1260. The smallest absolute Gasteiger partial charge is 0.302 e. The van der Waals surface area contributed by atoms with Crippen LogP contribution in [0, 0.1) is 40.4 Å². The third kappa shape index (κ3) is 5.78. The molecule has 1 N–H and O–H groups in total. The summed E-state index contributed by atoms with van der Waals surface area (Å²) in [7, 11) is -2.75. The molecule has 0 amide bonds. The number of ether oxygens (including phenoxy) is 1. The molecule has 0 radical (unpaired) electrons. The second-order valence-electron chi connectivity index (χ2n) is 16.0. The molecule has 0 saturated heterocycles. The summed E-state index contributed by atoms with van der Waals surface area (Å²) >= 11 is 0. The topological polar surface area (TPSA) is 55.8 Å². The maximum atomic E-state index is 12.0. The summed E-state index contributed by atoms with van der Waals surface area (Å²) in [5, 5.41) is 13.7. The molecule has 5 rings (SSSR count). The number of carbonyl (C=O) groups excluding carboxylic acids is 1. The number of hydrogen-bond acceptors (Lipinski definition) is 4. The van der Waals surface area contributed by atoms with Crippen LogP contribution in [0.1, 0.15) is 87.0 Å². The molecular formula is C39H56O4Si. The first-order chi connectivity index (χ1) is 20.7. The van der Waals surface area contributed by atoms with Gasteiger partial charge in [-0.3, -0.25) is 4.79 Å². The molecule has 44 heavy (non-hydrogen) atoms. The van der Waals surface area contributed by atoms with Gasteiger partial charge in [0.2, 0.25) is 0 Å². The van der Waals surface area contributed by atoms with Gasteiger partial charge in [-0.2, -0.15) is 0 Å². The summed E-state index contributed by atoms with van der Waals surface area (Å²) < 4.78 is 13.4. The molecule has 0 aromatic heterocycles. The van der Waals surface area contributed by atoms with Gasteiger partial charge in [-0.25, -0.2) is 0 Å². The highest BCUT2D eigenvalue weighted by atomic mass is 28.4. The first kappa shape index (κ1) is 33.2. The molecule has 0 heterocycles. The third-order valence-corrected chi connectivity index (χ3v) is 17.5. The summed E-state index contributed by atoms with van der Waals surface area (Å²) in [6.07, 6.45) is 5.82. The van der Waals surface area contributed by atoms with Crippen LogP contribution in [0.5, 0.6) is 0 Å². The van der Waals surface area contributed by atoms with E-state index in [9.17, 15) is 9.90 Å². The molecule has 0 unspecified atom stereocenters. The van der Waals surface area contributed by atoms with Crippen molar-refractivity contribution in [3.63, 3.8) is 0 Å². The van der Waals surface area contributed by atoms with E-state index in [2.05, 4.69) is 109 Å². The molecule has 3 fully saturated rings. The van der Waals surface area contributed by atoms with Gasteiger partial charge in [-0.15, -0.1) is 0 Å². The van der Waals surface area contributed by atoms with Crippen molar-refractivity contribution in [1.29, 1.82) is 0 Å². The van der Waals surface area contributed by atoms with E-state index < -0.39 is 14.4 Å². The Morgan fingerprint density at radius 1 is 0.932 bits per heavy atom. The zero-order valence-electron chi connectivity index (χ0n) is 28.3. The third-order valence-electron chi connectivity index (χ3n) is 12.5. The summed E-state index contributed by atoms with van der Waals surface area (Å²) in [5.74, 6) is 1.72. The first-order valence-corrected chi connectivity index (χ1v) is 18.9. The van der Waals surface area contributed by atoms with Gasteiger partial charge in [0.05, 0.1) is 12.7 Å². The van der Waals surface area contributed by atoms with Crippen molar-refractivity contribution in [2.24, 2.45) is 40.4 Å². The average Bonchev–Trinajstić information content (AvgIpc) is 3.22. The van der Waals surface area contributed by atoms with E-state index in [0.717, 1.165) is 37.7 Å². The normalized spacial score (nSPS) is 34.4. The fourth-order valence-electron chi connectivity index (χ4n) is 9.84. The lowest BCUT2D eigenvalue weighted by Crippen LogP contribution is -2.67. The zero-order chi connectivity index (χ0) is 31.9. The Kier molecular flexibility index (Phi) is 9.44. The van der Waals surface area contributed by atoms with E-state index in [1.54, 1.807) is 0 Å². The van der Waals surface area contributed by atoms with Crippen LogP contribution in [0.2, 0.25) is 5.04 Å². The Hall–Kier alpha value is -2.21. The lowest BCUT2D eigenvalue weighted by Gasteiger charge is -2.57. The van der Waals surface area contributed by atoms with Crippen LogP contribution < -0.4 is 10.4 Å². The molecular weight excluding hydrogens is 561 g/mol. The Morgan fingerprint density at radius 3 is 2.07 bits per heavy atom. The van der Waals surface area contributed by atoms with E-state index in [0.29, 0.717) is 36.9 Å². The highest BCUT2D eigenvalue weighted by molar-refractivity contribution is 6.99. The van der Waals surface area contributed by atoms with Crippen LogP contribution in [0.25, 0.3) is 0 Å². The van der Waals surface area contributed by atoms with Gasteiger partial charge in [0.1, 0.15) is 0 Å². The van der Waals surface area contributed by atoms with Crippen LogP contribution >= 0.6 is 0 Å². The second-order valence-corrected chi connectivity index (χ2v) is 20.3. The highest BCUT2D eigenvalue weighted by Crippen LogP contribution is 2.64. The summed E-state index contributed by atoms with van der Waals surface area (Å²) in [6.45, 7) is 21.4. The van der Waals surface area contributed by atoms with Crippen LogP contribution in [-0.2, 0) is 14.0 Å². The quantitative estimate of drug-likeness (QED) is 0.189. The largest absolute Gasteiger partial charge is 0.466 e. The van der Waals surface area contributed by atoms with Crippen LogP contribution in [0.4, 0.5) is 0 Å². The number of carbonyl (C=O) groups is 1. The van der Waals surface area contributed by atoms with Gasteiger partial charge in [0, 0.05) is 13.5 Å². The van der Waals surface area contributed by atoms with Crippen LogP contribution in [0.3, 0.4) is 0 Å². The summed E-state index contributed by atoms with van der Waals surface area (Å²) in [4.78, 5) is 12.0. The lowest BCUT2D eigenvalue weighted by molar-refractivity contribution is -0.148. The van der Waals surface area contributed by atoms with Gasteiger partial charge in [-0.1, -0.05) is 115 Å². The number of aliphatic hydroxyl groups excluding tert-OH is 1. The number of hydrogen-bond donors (Lipinski definition) is 1. The number of aliphatic hydroxyl groups is 1. The zero-order valence-corrected chi connectivity index (χ0v) is 29.3. The van der Waals surface area contributed by atoms with E-state index in [1.807, 2.05) is 0 Å². The molecule has 3 saturated carbocycles. The molecule has 0 bridgehead atoms. The van der Waals surface area contributed by atoms with Gasteiger partial charge in [0.25, 0.3) is 8.32 Å². The standard InChI is InChI=1S/C39H56O4Si/c1-27-19-21-39(8,30(23-27)25-42-29(3)40)34-20-22-38(7)28(2)36(41)24-35(38)33(34)26-43-44(37(4,5)6,31-15-11-9-12-16-31)32-17-13-10-14-18-32/h9-18,27,30,33-36,41H,2,19-26H2,1,3-8H3/t27-,30+,33+,34-,35-,36-,38+,39-/m0/s1. The number of esters is 1. The second kappa shape index (κ2) is 12.5. The molecule has 2 aromatic rings. The Labute approximate surface area is 267 Å². The Balaban J connectivity index is 1.60. The van der Waals surface area contributed by atoms with Crippen molar-refractivity contribution in [2.45, 2.75) is 98.1 Å². The molecule has 8 atom stereocenters. The number of rotatable bonds is 8. The molecule has 5 heteroatoms. The van der Waals surface area contributed by atoms with Crippen molar-refractivity contribution in [3.8, 4) is 0 Å². The average molecular weight is 617 g/mol. The molecule has 3 aliphatic rings. The summed E-state index contributed by atoms with van der Waals surface area (Å²) in [6, 6.07) is 21.9. The minimum absolute atomic E-state index is 0.0254. The molecule has 240 valence electrons. The summed E-state index contributed by atoms with van der Waals surface area (Å²) in [5.41, 5.74) is 0.937. The molecule has 2 aromatic carbocycles. The van der Waals surface area contributed by atoms with Crippen LogP contribution in [0.15, 0.2) is 72.8 Å². The molecule has 4 nitrogen and oxygen atoms in total. The van der Waals surface area contributed by atoms with Gasteiger partial charge >= 0.3 is 5.97 Å². The SMILES string of the molecule is C=C1[C@@H](O)C[C@H]2[C@H](CO[Si](c3ccccc3)(c3ccccc3)C(C)(C)C)[C@@H]([C@@]3(C)CC[C@H](C)C[C@@H]3COC(C)=O)CC[C@]12C. The Morgan fingerprint density at radius 2 is 1.52 bits per heavy atom. The van der Waals surface area contributed by atoms with E-state index in [1.165, 1.54) is 23.7 Å². The predicted molar refractivity (Wildman–Crippen MR) is 182 cm³/mol. The van der Waals surface area contributed by atoms with Crippen molar-refractivity contribution >= 4 is 24.7 Å².